The van der Waals surface area contributed by atoms with E-state index >= 15 is 0 Å². The van der Waals surface area contributed by atoms with Gasteiger partial charge >= 0.3 is 0 Å². The summed E-state index contributed by atoms with van der Waals surface area (Å²) in [4.78, 5) is 15.1. The Morgan fingerprint density at radius 3 is 2.53 bits per heavy atom. The first kappa shape index (κ1) is 20.7. The maximum atomic E-state index is 13.5. The van der Waals surface area contributed by atoms with Crippen LogP contribution in [0.2, 0.25) is 0 Å². The molecule has 0 spiro atoms. The van der Waals surface area contributed by atoms with E-state index in [1.54, 1.807) is 17.0 Å². The summed E-state index contributed by atoms with van der Waals surface area (Å²) in [5, 5.41) is 0. The second kappa shape index (κ2) is 8.28. The standard InChI is InChI=1S/C22H26N2O5S/c1-28-18-9-10-20(29-2)21(14-18)30(26,27)24-12-5-8-19(24)22(25)23-13-11-16-6-3-4-7-17(16)15-23/h3-4,6-7,9-10,14,19H,5,8,11-13,15H2,1-2H3. The summed E-state index contributed by atoms with van der Waals surface area (Å²) in [6.45, 7) is 1.42. The fourth-order valence-electron chi connectivity index (χ4n) is 4.28. The Kier molecular flexibility index (Phi) is 5.71. The van der Waals surface area contributed by atoms with Crippen molar-refractivity contribution in [3.8, 4) is 11.5 Å². The first-order valence-corrected chi connectivity index (χ1v) is 11.5. The van der Waals surface area contributed by atoms with Gasteiger partial charge in [-0.3, -0.25) is 4.79 Å². The monoisotopic (exact) mass is 430 g/mol. The van der Waals surface area contributed by atoms with Gasteiger partial charge in [0.2, 0.25) is 15.9 Å². The summed E-state index contributed by atoms with van der Waals surface area (Å²) in [5.41, 5.74) is 2.37. The number of hydrogen-bond donors (Lipinski definition) is 0. The molecule has 30 heavy (non-hydrogen) atoms. The highest BCUT2D eigenvalue weighted by molar-refractivity contribution is 7.89. The van der Waals surface area contributed by atoms with Crippen LogP contribution in [0.3, 0.4) is 0 Å². The van der Waals surface area contributed by atoms with E-state index in [-0.39, 0.29) is 16.6 Å². The van der Waals surface area contributed by atoms with Crippen LogP contribution >= 0.6 is 0 Å². The van der Waals surface area contributed by atoms with Crippen LogP contribution in [0.5, 0.6) is 11.5 Å². The van der Waals surface area contributed by atoms with Gasteiger partial charge in [0, 0.05) is 25.7 Å². The number of hydrogen-bond acceptors (Lipinski definition) is 5. The van der Waals surface area contributed by atoms with Gasteiger partial charge < -0.3 is 14.4 Å². The molecule has 2 aromatic carbocycles. The van der Waals surface area contributed by atoms with E-state index in [9.17, 15) is 13.2 Å². The molecule has 0 bridgehead atoms. The van der Waals surface area contributed by atoms with Gasteiger partial charge in [0.05, 0.1) is 14.2 Å². The zero-order chi connectivity index (χ0) is 21.3. The molecule has 1 atom stereocenters. The second-order valence-corrected chi connectivity index (χ2v) is 9.43. The molecule has 0 radical (unpaired) electrons. The molecule has 2 aromatic rings. The molecule has 1 unspecified atom stereocenters. The summed E-state index contributed by atoms with van der Waals surface area (Å²) >= 11 is 0. The highest BCUT2D eigenvalue weighted by Crippen LogP contribution is 2.35. The van der Waals surface area contributed by atoms with Crippen molar-refractivity contribution in [3.63, 3.8) is 0 Å². The second-order valence-electron chi connectivity index (χ2n) is 7.57. The lowest BCUT2D eigenvalue weighted by Gasteiger charge is -2.33. The summed E-state index contributed by atoms with van der Waals surface area (Å²) in [7, 11) is -1.02. The van der Waals surface area contributed by atoms with Crippen LogP contribution in [0, 0.1) is 0 Å². The van der Waals surface area contributed by atoms with Crippen molar-refractivity contribution >= 4 is 15.9 Å². The normalized spacial score (nSPS) is 19.4. The van der Waals surface area contributed by atoms with Gasteiger partial charge in [-0.2, -0.15) is 4.31 Å². The molecule has 0 N–H and O–H groups in total. The van der Waals surface area contributed by atoms with Gasteiger partial charge in [-0.15, -0.1) is 0 Å². The van der Waals surface area contributed by atoms with Crippen LogP contribution in [0.25, 0.3) is 0 Å². The van der Waals surface area contributed by atoms with Crippen LogP contribution in [0.15, 0.2) is 47.4 Å². The number of carbonyl (C=O) groups excluding carboxylic acids is 1. The van der Waals surface area contributed by atoms with E-state index in [0.717, 1.165) is 12.0 Å². The lowest BCUT2D eigenvalue weighted by Crippen LogP contribution is -2.49. The largest absolute Gasteiger partial charge is 0.497 e. The highest BCUT2D eigenvalue weighted by atomic mass is 32.2. The number of fused-ring (bicyclic) bond motifs is 1. The molecule has 1 saturated heterocycles. The van der Waals surface area contributed by atoms with Crippen LogP contribution < -0.4 is 9.47 Å². The third-order valence-corrected chi connectivity index (χ3v) is 7.82. The third-order valence-electron chi connectivity index (χ3n) is 5.89. The van der Waals surface area contributed by atoms with E-state index in [4.69, 9.17) is 9.47 Å². The Bertz CT molecular complexity index is 1050. The zero-order valence-corrected chi connectivity index (χ0v) is 18.0. The molecule has 7 nitrogen and oxygen atoms in total. The molecule has 0 saturated carbocycles. The molecule has 1 fully saturated rings. The predicted molar refractivity (Wildman–Crippen MR) is 112 cm³/mol. The molecular weight excluding hydrogens is 404 g/mol. The van der Waals surface area contributed by atoms with Gasteiger partial charge in [-0.05, 0) is 42.5 Å². The molecule has 160 valence electrons. The average molecular weight is 431 g/mol. The van der Waals surface area contributed by atoms with Crippen molar-refractivity contribution in [1.82, 2.24) is 9.21 Å². The molecule has 0 aromatic heterocycles. The van der Waals surface area contributed by atoms with Crippen LogP contribution in [0.4, 0.5) is 0 Å². The first-order valence-electron chi connectivity index (χ1n) is 10.0. The van der Waals surface area contributed by atoms with Gasteiger partial charge in [-0.25, -0.2) is 8.42 Å². The van der Waals surface area contributed by atoms with E-state index in [1.807, 2.05) is 18.2 Å². The topological polar surface area (TPSA) is 76.1 Å². The Morgan fingerprint density at radius 1 is 1.03 bits per heavy atom. The number of carbonyl (C=O) groups is 1. The average Bonchev–Trinajstić information content (AvgIpc) is 3.28. The predicted octanol–water partition coefficient (Wildman–Crippen LogP) is 2.44. The van der Waals surface area contributed by atoms with Gasteiger partial charge in [0.25, 0.3) is 0 Å². The molecule has 4 rings (SSSR count). The zero-order valence-electron chi connectivity index (χ0n) is 17.2. The lowest BCUT2D eigenvalue weighted by molar-refractivity contribution is -0.135. The minimum absolute atomic E-state index is 0.0213. The molecule has 8 heteroatoms. The third kappa shape index (κ3) is 3.65. The smallest absolute Gasteiger partial charge is 0.247 e. The minimum atomic E-state index is -3.93. The number of nitrogens with zero attached hydrogens (tertiary/aromatic N) is 2. The maximum absolute atomic E-state index is 13.5. The summed E-state index contributed by atoms with van der Waals surface area (Å²) in [5.74, 6) is 0.525. The Morgan fingerprint density at radius 2 is 1.80 bits per heavy atom. The fraction of sp³-hybridized carbons (Fsp3) is 0.409. The van der Waals surface area contributed by atoms with Crippen molar-refractivity contribution in [2.24, 2.45) is 0 Å². The van der Waals surface area contributed by atoms with E-state index in [2.05, 4.69) is 6.07 Å². The quantitative estimate of drug-likeness (QED) is 0.728. The number of benzene rings is 2. The molecule has 1 amide bonds. The minimum Gasteiger partial charge on any atom is -0.497 e. The van der Waals surface area contributed by atoms with E-state index in [1.165, 1.54) is 30.2 Å². The lowest BCUT2D eigenvalue weighted by atomic mass is 9.99. The van der Waals surface area contributed by atoms with Crippen LogP contribution in [-0.4, -0.2) is 56.9 Å². The molecular formula is C22H26N2O5S. The van der Waals surface area contributed by atoms with Crippen molar-refractivity contribution in [1.29, 1.82) is 0 Å². The van der Waals surface area contributed by atoms with E-state index in [0.29, 0.717) is 38.2 Å². The Hall–Kier alpha value is -2.58. The molecule has 2 heterocycles. The number of amides is 1. The van der Waals surface area contributed by atoms with Gasteiger partial charge in [0.15, 0.2) is 0 Å². The number of ether oxygens (including phenoxy) is 2. The van der Waals surface area contributed by atoms with Crippen LogP contribution in [0.1, 0.15) is 24.0 Å². The summed E-state index contributed by atoms with van der Waals surface area (Å²) < 4.78 is 38.8. The summed E-state index contributed by atoms with van der Waals surface area (Å²) in [6, 6.07) is 12.0. The van der Waals surface area contributed by atoms with Crippen molar-refractivity contribution < 1.29 is 22.7 Å². The summed E-state index contributed by atoms with van der Waals surface area (Å²) in [6.07, 6.45) is 1.94. The first-order chi connectivity index (χ1) is 14.5. The molecule has 2 aliphatic heterocycles. The van der Waals surface area contributed by atoms with Gasteiger partial charge in [-0.1, -0.05) is 24.3 Å². The van der Waals surface area contributed by atoms with Crippen LogP contribution in [-0.2, 0) is 27.8 Å². The molecule has 2 aliphatic rings. The maximum Gasteiger partial charge on any atom is 0.247 e. The number of rotatable bonds is 5. The SMILES string of the molecule is COc1ccc(OC)c(S(=O)(=O)N2CCCC2C(=O)N2CCc3ccccc3C2)c1. The fourth-order valence-corrected chi connectivity index (χ4v) is 6.10. The van der Waals surface area contributed by atoms with Crippen molar-refractivity contribution in [2.75, 3.05) is 27.3 Å². The van der Waals surface area contributed by atoms with Crippen molar-refractivity contribution in [3.05, 3.63) is 53.6 Å². The van der Waals surface area contributed by atoms with E-state index < -0.39 is 16.1 Å². The number of sulfonamides is 1. The number of methoxy groups -OCH3 is 2. The van der Waals surface area contributed by atoms with Crippen molar-refractivity contribution in [2.45, 2.75) is 36.7 Å². The Labute approximate surface area is 177 Å². The van der Waals surface area contributed by atoms with Gasteiger partial charge in [0.1, 0.15) is 22.4 Å². The molecule has 0 aliphatic carbocycles. The highest BCUT2D eigenvalue weighted by Gasteiger charge is 2.42. The Balaban J connectivity index is 1.61.